The van der Waals surface area contributed by atoms with Gasteiger partial charge in [0.05, 0.1) is 11.4 Å². The number of fused-ring (bicyclic) bond motifs is 6. The number of hydrogen-bond donors (Lipinski definition) is 0. The van der Waals surface area contributed by atoms with Gasteiger partial charge in [0.1, 0.15) is 0 Å². The topological polar surface area (TPSA) is 15.6 Å². The monoisotopic (exact) mass is 596 g/mol. The summed E-state index contributed by atoms with van der Waals surface area (Å²) in [5.41, 5.74) is 9.64. The Labute approximate surface area is 267 Å². The predicted molar refractivity (Wildman–Crippen MR) is 191 cm³/mol. The molecular formula is C41H41ClN2. The van der Waals surface area contributed by atoms with Gasteiger partial charge in [-0.05, 0) is 101 Å². The molecule has 0 N–H and O–H groups in total. The van der Waals surface area contributed by atoms with Crippen LogP contribution in [-0.4, -0.2) is 11.8 Å². The summed E-state index contributed by atoms with van der Waals surface area (Å²) in [7, 11) is 0. The Morgan fingerprint density at radius 1 is 0.750 bits per heavy atom. The number of nitrogens with zero attached hydrogens (tertiary/aromatic N) is 2. The van der Waals surface area contributed by atoms with Gasteiger partial charge in [-0.3, -0.25) is 4.99 Å². The van der Waals surface area contributed by atoms with E-state index in [0.717, 1.165) is 35.7 Å². The number of hydrogen-bond acceptors (Lipinski definition) is 2. The third kappa shape index (κ3) is 4.49. The van der Waals surface area contributed by atoms with Gasteiger partial charge in [-0.1, -0.05) is 112 Å². The van der Waals surface area contributed by atoms with Crippen LogP contribution >= 0.6 is 11.6 Å². The first-order valence-corrected chi connectivity index (χ1v) is 16.4. The van der Waals surface area contributed by atoms with Gasteiger partial charge < -0.3 is 4.90 Å². The molecule has 0 atom stereocenters. The molecule has 0 aromatic heterocycles. The maximum Gasteiger partial charge on any atom is 0.0681 e. The molecule has 0 saturated heterocycles. The van der Waals surface area contributed by atoms with Crippen LogP contribution in [-0.2, 0) is 10.8 Å². The second-order valence-corrected chi connectivity index (χ2v) is 14.2. The highest BCUT2D eigenvalue weighted by molar-refractivity contribution is 6.32. The molecule has 2 aliphatic heterocycles. The Morgan fingerprint density at radius 3 is 2.11 bits per heavy atom. The Kier molecular flexibility index (Phi) is 6.98. The first kappa shape index (κ1) is 28.9. The molecule has 0 spiro atoms. The van der Waals surface area contributed by atoms with Gasteiger partial charge in [-0.2, -0.15) is 0 Å². The van der Waals surface area contributed by atoms with Gasteiger partial charge in [-0.25, -0.2) is 0 Å². The third-order valence-electron chi connectivity index (χ3n) is 9.96. The molecule has 2 heterocycles. The second kappa shape index (κ2) is 10.6. The second-order valence-electron chi connectivity index (χ2n) is 13.8. The fraction of sp³-hybridized carbons (Fsp3) is 0.293. The van der Waals surface area contributed by atoms with E-state index in [4.69, 9.17) is 16.6 Å². The van der Waals surface area contributed by atoms with Crippen molar-refractivity contribution in [1.29, 1.82) is 0 Å². The lowest BCUT2D eigenvalue weighted by molar-refractivity contribution is 0.615. The van der Waals surface area contributed by atoms with Crippen molar-refractivity contribution in [2.24, 2.45) is 4.99 Å². The Hall–Kier alpha value is -3.88. The van der Waals surface area contributed by atoms with Crippen molar-refractivity contribution < 1.29 is 0 Å². The van der Waals surface area contributed by atoms with Gasteiger partial charge in [0.15, 0.2) is 0 Å². The molecule has 44 heavy (non-hydrogen) atoms. The molecule has 1 aliphatic carbocycles. The van der Waals surface area contributed by atoms with Crippen molar-refractivity contribution >= 4 is 50.2 Å². The predicted octanol–water partition coefficient (Wildman–Crippen LogP) is 11.6. The molecule has 0 amide bonds. The van der Waals surface area contributed by atoms with Crippen LogP contribution < -0.4 is 4.90 Å². The van der Waals surface area contributed by atoms with Gasteiger partial charge in [0.25, 0.3) is 0 Å². The van der Waals surface area contributed by atoms with E-state index in [2.05, 4.69) is 144 Å². The average Bonchev–Trinajstić information content (AvgIpc) is 3.41. The van der Waals surface area contributed by atoms with E-state index in [1.54, 1.807) is 0 Å². The summed E-state index contributed by atoms with van der Waals surface area (Å²) in [6.45, 7) is 13.9. The zero-order chi connectivity index (χ0) is 30.8. The summed E-state index contributed by atoms with van der Waals surface area (Å²) in [4.78, 5) is 7.60. The zero-order valence-electron chi connectivity index (χ0n) is 26.7. The number of rotatable bonds is 4. The fourth-order valence-electron chi connectivity index (χ4n) is 7.74. The first-order valence-electron chi connectivity index (χ1n) is 16.0. The molecule has 3 heteroatoms. The van der Waals surface area contributed by atoms with Crippen molar-refractivity contribution in [3.63, 3.8) is 0 Å². The Bertz CT molecular complexity index is 1980. The van der Waals surface area contributed by atoms with E-state index in [1.807, 2.05) is 0 Å². The van der Waals surface area contributed by atoms with E-state index in [-0.39, 0.29) is 10.8 Å². The molecule has 2 nitrogen and oxygen atoms in total. The van der Waals surface area contributed by atoms with Crippen LogP contribution in [0.15, 0.2) is 124 Å². The van der Waals surface area contributed by atoms with Crippen LogP contribution in [0.2, 0.25) is 0 Å². The van der Waals surface area contributed by atoms with Gasteiger partial charge >= 0.3 is 0 Å². The SMILES string of the molecule is CC(C)N1/C(=C/C=C2\CCCC(/C=C/C3=Nc4ccc5ccccc5c4C3(C)C)=C2Cl)C(C)(C)c2c1ccc1ccccc21. The first-order chi connectivity index (χ1) is 21.1. The molecule has 0 radical (unpaired) electrons. The van der Waals surface area contributed by atoms with Crippen LogP contribution in [0.25, 0.3) is 21.5 Å². The molecule has 4 aromatic carbocycles. The standard InChI is InChI=1S/C41H41ClN2/c1-26(2)44-34-23-19-28-13-8-10-17-32(28)38(34)41(5,6)36(44)25-21-30-15-11-14-29(39(30)42)20-24-35-40(3,4)37-31-16-9-7-12-27(31)18-22-33(37)43-35/h7-10,12-13,16-26H,11,14-15H2,1-6H3/b24-20+,30-21+,36-25+. The van der Waals surface area contributed by atoms with Crippen molar-refractivity contribution in [3.8, 4) is 0 Å². The highest BCUT2D eigenvalue weighted by atomic mass is 35.5. The molecular weight excluding hydrogens is 556 g/mol. The molecule has 0 bridgehead atoms. The molecule has 222 valence electrons. The number of benzene rings is 4. The minimum Gasteiger partial charge on any atom is -0.341 e. The highest BCUT2D eigenvalue weighted by Gasteiger charge is 2.42. The Morgan fingerprint density at radius 2 is 1.41 bits per heavy atom. The number of allylic oxidation sites excluding steroid dienone is 8. The highest BCUT2D eigenvalue weighted by Crippen LogP contribution is 2.52. The zero-order valence-corrected chi connectivity index (χ0v) is 27.5. The van der Waals surface area contributed by atoms with E-state index in [1.165, 1.54) is 55.2 Å². The van der Waals surface area contributed by atoms with Gasteiger partial charge in [0.2, 0.25) is 0 Å². The Balaban J connectivity index is 1.23. The van der Waals surface area contributed by atoms with Gasteiger partial charge in [0, 0.05) is 33.3 Å². The lowest BCUT2D eigenvalue weighted by Crippen LogP contribution is -2.31. The van der Waals surface area contributed by atoms with Crippen LogP contribution in [0.1, 0.15) is 71.9 Å². The van der Waals surface area contributed by atoms with Crippen molar-refractivity contribution in [2.75, 3.05) is 4.90 Å². The number of aliphatic imine (C=N–C) groups is 1. The molecule has 0 unspecified atom stereocenters. The molecule has 0 fully saturated rings. The summed E-state index contributed by atoms with van der Waals surface area (Å²) in [6.07, 6.45) is 12.1. The van der Waals surface area contributed by atoms with E-state index >= 15 is 0 Å². The van der Waals surface area contributed by atoms with E-state index < -0.39 is 0 Å². The van der Waals surface area contributed by atoms with Crippen LogP contribution in [0.5, 0.6) is 0 Å². The summed E-state index contributed by atoms with van der Waals surface area (Å²) in [5.74, 6) is 0. The maximum absolute atomic E-state index is 7.17. The summed E-state index contributed by atoms with van der Waals surface area (Å²) in [6, 6.07) is 26.6. The number of halogens is 1. The van der Waals surface area contributed by atoms with Crippen LogP contribution in [0, 0.1) is 0 Å². The largest absolute Gasteiger partial charge is 0.341 e. The summed E-state index contributed by atoms with van der Waals surface area (Å²) >= 11 is 7.17. The lowest BCUT2D eigenvalue weighted by Gasteiger charge is -2.30. The lowest BCUT2D eigenvalue weighted by atomic mass is 9.79. The van der Waals surface area contributed by atoms with E-state index in [0.29, 0.717) is 6.04 Å². The third-order valence-corrected chi connectivity index (χ3v) is 10.4. The molecule has 7 rings (SSSR count). The molecule has 4 aromatic rings. The maximum atomic E-state index is 7.17. The smallest absolute Gasteiger partial charge is 0.0681 e. The summed E-state index contributed by atoms with van der Waals surface area (Å²) in [5, 5.41) is 6.07. The fourth-order valence-corrected chi connectivity index (χ4v) is 8.06. The van der Waals surface area contributed by atoms with Crippen molar-refractivity contribution in [1.82, 2.24) is 0 Å². The van der Waals surface area contributed by atoms with Crippen LogP contribution in [0.3, 0.4) is 0 Å². The summed E-state index contributed by atoms with van der Waals surface area (Å²) < 4.78 is 0. The minimum absolute atomic E-state index is 0.128. The van der Waals surface area contributed by atoms with Gasteiger partial charge in [-0.15, -0.1) is 0 Å². The number of anilines is 1. The quantitative estimate of drug-likeness (QED) is 0.229. The van der Waals surface area contributed by atoms with E-state index in [9.17, 15) is 0 Å². The normalized spacial score (nSPS) is 20.9. The molecule has 3 aliphatic rings. The van der Waals surface area contributed by atoms with Crippen LogP contribution in [0.4, 0.5) is 11.4 Å². The molecule has 0 saturated carbocycles. The minimum atomic E-state index is -0.176. The van der Waals surface area contributed by atoms with Crippen molar-refractivity contribution in [3.05, 3.63) is 130 Å². The van der Waals surface area contributed by atoms with Crippen molar-refractivity contribution in [2.45, 2.75) is 77.7 Å². The average molecular weight is 597 g/mol.